The maximum Gasteiger partial charge on any atom is 0.307 e. The van der Waals surface area contributed by atoms with Crippen LogP contribution in [0.25, 0.3) is 23.4 Å². The fourth-order valence-electron chi connectivity index (χ4n) is 3.39. The van der Waals surface area contributed by atoms with Crippen molar-refractivity contribution in [3.8, 4) is 17.0 Å². The normalized spacial score (nSPS) is 16.8. The number of carboxylic acids is 1. The summed E-state index contributed by atoms with van der Waals surface area (Å²) in [6, 6.07) is 14.1. The van der Waals surface area contributed by atoms with Crippen LogP contribution in [0, 0.1) is 12.8 Å². The number of aryl methyl sites for hydroxylation is 1. The Bertz CT molecular complexity index is 1080. The van der Waals surface area contributed by atoms with Crippen LogP contribution in [0.1, 0.15) is 34.7 Å². The van der Waals surface area contributed by atoms with Gasteiger partial charge in [-0.05, 0) is 42.7 Å². The van der Waals surface area contributed by atoms with E-state index in [1.165, 1.54) is 5.56 Å². The lowest BCUT2D eigenvalue weighted by atomic mass is 10.1. The van der Waals surface area contributed by atoms with Crippen LogP contribution in [-0.4, -0.2) is 28.2 Å². The first-order chi connectivity index (χ1) is 14.0. The molecule has 0 amide bonds. The summed E-state index contributed by atoms with van der Waals surface area (Å²) in [5.74, 6) is -0.631. The Morgan fingerprint density at radius 1 is 1.06 bits per heavy atom. The zero-order valence-electron chi connectivity index (χ0n) is 17.4. The number of methoxy groups -OCH3 is 1. The van der Waals surface area contributed by atoms with Gasteiger partial charge in [0.05, 0.1) is 24.4 Å². The Hall–Kier alpha value is -2.77. The molecule has 0 aliphatic heterocycles. The molecule has 3 aromatic rings. The topological polar surface area (TPSA) is 72.3 Å². The smallest absolute Gasteiger partial charge is 0.307 e. The van der Waals surface area contributed by atoms with E-state index in [-0.39, 0.29) is 38.8 Å². The molecule has 0 spiro atoms. The summed E-state index contributed by atoms with van der Waals surface area (Å²) >= 11 is 0. The Kier molecular flexibility index (Phi) is 8.30. The lowest BCUT2D eigenvalue weighted by Gasteiger charge is -2.10. The zero-order valence-corrected chi connectivity index (χ0v) is 19.4. The number of nitrogens with zero attached hydrogens (tertiary/aromatic N) is 2. The lowest BCUT2D eigenvalue weighted by Crippen LogP contribution is -2.02. The Morgan fingerprint density at radius 2 is 1.77 bits per heavy atom. The summed E-state index contributed by atoms with van der Waals surface area (Å²) in [4.78, 5) is 20.3. The van der Waals surface area contributed by atoms with E-state index in [2.05, 4.69) is 42.2 Å². The van der Waals surface area contributed by atoms with E-state index in [9.17, 15) is 9.90 Å². The van der Waals surface area contributed by atoms with Crippen LogP contribution in [0.4, 0.5) is 0 Å². The quantitative estimate of drug-likeness (QED) is 0.565. The average molecular weight is 455 g/mol. The molecule has 0 saturated heterocycles. The molecule has 1 aromatic carbocycles. The van der Waals surface area contributed by atoms with Crippen molar-refractivity contribution in [2.24, 2.45) is 5.92 Å². The van der Waals surface area contributed by atoms with Gasteiger partial charge in [0, 0.05) is 23.9 Å². The predicted molar refractivity (Wildman–Crippen MR) is 133 cm³/mol. The summed E-state index contributed by atoms with van der Waals surface area (Å²) < 4.78 is 5.40. The van der Waals surface area contributed by atoms with Crippen molar-refractivity contribution in [2.45, 2.75) is 19.3 Å². The minimum absolute atomic E-state index is 0. The largest absolute Gasteiger partial charge is 0.495 e. The van der Waals surface area contributed by atoms with Crippen molar-refractivity contribution in [1.29, 1.82) is 0 Å². The third-order valence-electron chi connectivity index (χ3n) is 5.17. The summed E-state index contributed by atoms with van der Waals surface area (Å²) in [6.45, 7) is 2.07. The average Bonchev–Trinajstić information content (AvgIpc) is 3.54. The maximum atomic E-state index is 11.3. The van der Waals surface area contributed by atoms with Gasteiger partial charge in [0.15, 0.2) is 0 Å². The van der Waals surface area contributed by atoms with Gasteiger partial charge in [-0.2, -0.15) is 27.0 Å². The molecular weight excluding hydrogens is 428 g/mol. The molecule has 1 fully saturated rings. The SMILES string of the molecule is COc1ccc(-c2cncc(/C=C/c3ccc(C)cc3)c2)nc1[C@H]1C[C@@H]1C(=O)O.S.S. The van der Waals surface area contributed by atoms with E-state index < -0.39 is 5.97 Å². The number of aromatic nitrogens is 2. The number of ether oxygens (including phenoxy) is 1. The Labute approximate surface area is 196 Å². The fourth-order valence-corrected chi connectivity index (χ4v) is 3.39. The molecule has 4 rings (SSSR count). The number of pyridine rings is 2. The van der Waals surface area contributed by atoms with Gasteiger partial charge < -0.3 is 9.84 Å². The molecule has 0 unspecified atom stereocenters. The van der Waals surface area contributed by atoms with Gasteiger partial charge >= 0.3 is 5.97 Å². The highest BCUT2D eigenvalue weighted by Gasteiger charge is 2.46. The first kappa shape index (κ1) is 24.5. The Morgan fingerprint density at radius 3 is 2.42 bits per heavy atom. The minimum atomic E-state index is -0.783. The van der Waals surface area contributed by atoms with Crippen molar-refractivity contribution >= 4 is 45.1 Å². The van der Waals surface area contributed by atoms with Gasteiger partial charge in [-0.3, -0.25) is 9.78 Å². The van der Waals surface area contributed by atoms with E-state index in [0.717, 1.165) is 22.4 Å². The fraction of sp³-hybridized carbons (Fsp3) is 0.208. The van der Waals surface area contributed by atoms with Crippen molar-refractivity contribution in [1.82, 2.24) is 9.97 Å². The third kappa shape index (κ3) is 5.68. The van der Waals surface area contributed by atoms with Gasteiger partial charge in [0.2, 0.25) is 0 Å². The molecule has 31 heavy (non-hydrogen) atoms. The predicted octanol–water partition coefficient (Wildman–Crippen LogP) is 5.04. The zero-order chi connectivity index (χ0) is 20.4. The van der Waals surface area contributed by atoms with Crippen molar-refractivity contribution in [2.75, 3.05) is 7.11 Å². The molecule has 7 heteroatoms. The van der Waals surface area contributed by atoms with Crippen LogP contribution in [0.5, 0.6) is 5.75 Å². The van der Waals surface area contributed by atoms with E-state index in [1.807, 2.05) is 24.3 Å². The number of rotatable bonds is 6. The van der Waals surface area contributed by atoms with Crippen molar-refractivity contribution in [3.63, 3.8) is 0 Å². The van der Waals surface area contributed by atoms with Gasteiger partial charge in [-0.1, -0.05) is 42.0 Å². The van der Waals surface area contributed by atoms with Crippen LogP contribution in [0.15, 0.2) is 54.9 Å². The molecule has 2 heterocycles. The van der Waals surface area contributed by atoms with E-state index in [4.69, 9.17) is 9.72 Å². The number of benzene rings is 1. The number of hydrogen-bond donors (Lipinski definition) is 1. The van der Waals surface area contributed by atoms with E-state index in [1.54, 1.807) is 19.5 Å². The van der Waals surface area contributed by atoms with Crippen molar-refractivity contribution < 1.29 is 14.6 Å². The monoisotopic (exact) mass is 454 g/mol. The molecule has 1 aliphatic carbocycles. The van der Waals surface area contributed by atoms with E-state index in [0.29, 0.717) is 17.9 Å². The molecule has 2 atom stereocenters. The van der Waals surface area contributed by atoms with Crippen LogP contribution in [0.2, 0.25) is 0 Å². The molecular formula is C24H26N2O3S2. The summed E-state index contributed by atoms with van der Waals surface area (Å²) in [6.07, 6.45) is 8.24. The number of carbonyl (C=O) groups is 1. The first-order valence-corrected chi connectivity index (χ1v) is 9.53. The van der Waals surface area contributed by atoms with Gasteiger partial charge in [0.1, 0.15) is 5.75 Å². The Balaban J connectivity index is 0.00000171. The van der Waals surface area contributed by atoms with E-state index >= 15 is 0 Å². The van der Waals surface area contributed by atoms with Gasteiger partial charge in [-0.25, -0.2) is 4.98 Å². The molecule has 2 aromatic heterocycles. The molecule has 1 saturated carbocycles. The highest BCUT2D eigenvalue weighted by molar-refractivity contribution is 7.59. The number of hydrogen-bond acceptors (Lipinski definition) is 4. The summed E-state index contributed by atoms with van der Waals surface area (Å²) in [5.41, 5.74) is 5.67. The second-order valence-corrected chi connectivity index (χ2v) is 7.32. The van der Waals surface area contributed by atoms with Gasteiger partial charge in [-0.15, -0.1) is 0 Å². The number of carboxylic acid groups (broad SMARTS) is 1. The molecule has 5 nitrogen and oxygen atoms in total. The highest BCUT2D eigenvalue weighted by atomic mass is 32.1. The maximum absolute atomic E-state index is 11.3. The summed E-state index contributed by atoms with van der Waals surface area (Å²) in [7, 11) is 1.58. The lowest BCUT2D eigenvalue weighted by molar-refractivity contribution is -0.138. The molecule has 1 N–H and O–H groups in total. The number of aliphatic carboxylic acids is 1. The van der Waals surface area contributed by atoms with Crippen LogP contribution in [0.3, 0.4) is 0 Å². The second kappa shape index (κ2) is 10.5. The molecule has 0 bridgehead atoms. The molecule has 162 valence electrons. The molecule has 0 radical (unpaired) electrons. The van der Waals surface area contributed by atoms with Crippen LogP contribution < -0.4 is 4.74 Å². The minimum Gasteiger partial charge on any atom is -0.495 e. The van der Waals surface area contributed by atoms with Crippen LogP contribution >= 0.6 is 27.0 Å². The standard InChI is InChI=1S/C24H22N2O3.2H2S/c1-15-3-5-16(6-4-15)7-8-17-11-18(14-25-13-17)21-9-10-22(29-2)23(26-21)19-12-20(19)24(27)28;;/h3-11,13-14,19-20H,12H2,1-2H3,(H,27,28);2*1H2/b8-7+;;/t19-,20-;;/m0../s1. The second-order valence-electron chi connectivity index (χ2n) is 7.32. The first-order valence-electron chi connectivity index (χ1n) is 9.53. The molecule has 1 aliphatic rings. The third-order valence-corrected chi connectivity index (χ3v) is 5.17. The van der Waals surface area contributed by atoms with Crippen molar-refractivity contribution in [3.05, 3.63) is 77.2 Å². The summed E-state index contributed by atoms with van der Waals surface area (Å²) in [5, 5.41) is 9.25. The highest BCUT2D eigenvalue weighted by Crippen LogP contribution is 2.50. The van der Waals surface area contributed by atoms with Gasteiger partial charge in [0.25, 0.3) is 0 Å². The van der Waals surface area contributed by atoms with Crippen LogP contribution in [-0.2, 0) is 4.79 Å².